The summed E-state index contributed by atoms with van der Waals surface area (Å²) in [6.45, 7) is 2.25. The first-order valence-corrected chi connectivity index (χ1v) is 5.48. The molecule has 2 aliphatic rings. The maximum atomic E-state index is 8.97. The molecule has 2 N–H and O–H groups in total. The number of hydrogen-bond donors (Lipinski definition) is 2. The first-order chi connectivity index (χ1) is 6.79. The predicted octanol–water partition coefficient (Wildman–Crippen LogP) is -0.284. The highest BCUT2D eigenvalue weighted by molar-refractivity contribution is 7.80. The average molecular weight is 216 g/mol. The van der Waals surface area contributed by atoms with E-state index in [1.165, 1.54) is 12.8 Å². The van der Waals surface area contributed by atoms with Crippen LogP contribution in [0.2, 0.25) is 0 Å². The van der Waals surface area contributed by atoms with Crippen LogP contribution >= 0.6 is 12.2 Å². The minimum Gasteiger partial charge on any atom is -0.394 e. The van der Waals surface area contributed by atoms with Crippen molar-refractivity contribution in [3.8, 4) is 0 Å². The van der Waals surface area contributed by atoms with Gasteiger partial charge in [-0.15, -0.1) is 0 Å². The number of morpholine rings is 1. The lowest BCUT2D eigenvalue weighted by atomic mass is 10.3. The Kier molecular flexibility index (Phi) is 3.20. The molecule has 80 valence electrons. The molecule has 1 atom stereocenters. The van der Waals surface area contributed by atoms with Crippen LogP contribution in [-0.2, 0) is 4.74 Å². The van der Waals surface area contributed by atoms with Gasteiger partial charge < -0.3 is 20.1 Å². The van der Waals surface area contributed by atoms with Crippen LogP contribution in [0.5, 0.6) is 0 Å². The van der Waals surface area contributed by atoms with Crippen LogP contribution in [0.4, 0.5) is 0 Å². The van der Waals surface area contributed by atoms with Gasteiger partial charge in [-0.3, -0.25) is 0 Å². The number of aliphatic hydroxyl groups excluding tert-OH is 1. The second-order valence-electron chi connectivity index (χ2n) is 3.85. The van der Waals surface area contributed by atoms with Crippen molar-refractivity contribution in [2.24, 2.45) is 0 Å². The molecule has 2 rings (SSSR count). The topological polar surface area (TPSA) is 44.7 Å². The Balaban J connectivity index is 1.79. The monoisotopic (exact) mass is 216 g/mol. The van der Waals surface area contributed by atoms with E-state index in [0.29, 0.717) is 19.2 Å². The highest BCUT2D eigenvalue weighted by Crippen LogP contribution is 2.19. The lowest BCUT2D eigenvalue weighted by Crippen LogP contribution is -2.50. The predicted molar refractivity (Wildman–Crippen MR) is 57.2 cm³/mol. The molecular weight excluding hydrogens is 200 g/mol. The fourth-order valence-electron chi connectivity index (χ4n) is 1.51. The van der Waals surface area contributed by atoms with Gasteiger partial charge in [0.15, 0.2) is 5.11 Å². The largest absolute Gasteiger partial charge is 0.394 e. The maximum Gasteiger partial charge on any atom is 0.169 e. The van der Waals surface area contributed by atoms with E-state index in [1.807, 2.05) is 0 Å². The quantitative estimate of drug-likeness (QED) is 0.621. The van der Waals surface area contributed by atoms with Gasteiger partial charge in [-0.25, -0.2) is 0 Å². The molecule has 14 heavy (non-hydrogen) atoms. The molecule has 5 heteroatoms. The van der Waals surface area contributed by atoms with Gasteiger partial charge in [0.2, 0.25) is 0 Å². The fourth-order valence-corrected chi connectivity index (χ4v) is 1.84. The van der Waals surface area contributed by atoms with Crippen LogP contribution in [0.25, 0.3) is 0 Å². The molecule has 1 saturated heterocycles. The Labute approximate surface area is 89.2 Å². The maximum absolute atomic E-state index is 8.97. The van der Waals surface area contributed by atoms with E-state index in [2.05, 4.69) is 10.2 Å². The summed E-state index contributed by atoms with van der Waals surface area (Å²) in [6.07, 6.45) is 2.38. The third-order valence-corrected chi connectivity index (χ3v) is 2.91. The zero-order chi connectivity index (χ0) is 9.97. The Morgan fingerprint density at radius 3 is 3.00 bits per heavy atom. The molecule has 1 aliphatic heterocycles. The zero-order valence-corrected chi connectivity index (χ0v) is 8.92. The van der Waals surface area contributed by atoms with Crippen molar-refractivity contribution in [3.63, 3.8) is 0 Å². The first-order valence-electron chi connectivity index (χ1n) is 5.07. The summed E-state index contributed by atoms with van der Waals surface area (Å²) in [6, 6.07) is 0.595. The summed E-state index contributed by atoms with van der Waals surface area (Å²) >= 11 is 5.27. The van der Waals surface area contributed by atoms with Gasteiger partial charge in [0.25, 0.3) is 0 Å². The second-order valence-corrected chi connectivity index (χ2v) is 4.23. The normalized spacial score (nSPS) is 27.5. The van der Waals surface area contributed by atoms with Gasteiger partial charge in [-0.2, -0.15) is 0 Å². The molecular formula is C9H16N2O2S. The minimum absolute atomic E-state index is 0.0720. The molecule has 4 nitrogen and oxygen atoms in total. The minimum atomic E-state index is -0.0808. The molecule has 0 aromatic heterocycles. The van der Waals surface area contributed by atoms with Gasteiger partial charge in [-0.1, -0.05) is 0 Å². The van der Waals surface area contributed by atoms with Crippen LogP contribution in [0.1, 0.15) is 12.8 Å². The van der Waals surface area contributed by atoms with Crippen molar-refractivity contribution in [1.29, 1.82) is 0 Å². The molecule has 2 fully saturated rings. The lowest BCUT2D eigenvalue weighted by molar-refractivity contribution is -0.0342. The Morgan fingerprint density at radius 2 is 2.36 bits per heavy atom. The average Bonchev–Trinajstić information content (AvgIpc) is 3.02. The number of aliphatic hydroxyl groups is 1. The van der Waals surface area contributed by atoms with Crippen LogP contribution in [0.3, 0.4) is 0 Å². The van der Waals surface area contributed by atoms with Crippen molar-refractivity contribution in [1.82, 2.24) is 10.2 Å². The first kappa shape index (κ1) is 10.1. The van der Waals surface area contributed by atoms with E-state index >= 15 is 0 Å². The van der Waals surface area contributed by atoms with E-state index < -0.39 is 0 Å². The fraction of sp³-hybridized carbons (Fsp3) is 0.889. The summed E-state index contributed by atoms with van der Waals surface area (Å²) in [4.78, 5) is 2.08. The summed E-state index contributed by atoms with van der Waals surface area (Å²) in [5.41, 5.74) is 0. The lowest BCUT2D eigenvalue weighted by Gasteiger charge is -2.33. The van der Waals surface area contributed by atoms with Gasteiger partial charge in [0.05, 0.1) is 19.3 Å². The van der Waals surface area contributed by atoms with Crippen LogP contribution in [0, 0.1) is 0 Å². The van der Waals surface area contributed by atoms with E-state index in [1.54, 1.807) is 0 Å². The van der Waals surface area contributed by atoms with Crippen molar-refractivity contribution >= 4 is 17.3 Å². The molecule has 0 aromatic carbocycles. The highest BCUT2D eigenvalue weighted by Gasteiger charge is 2.26. The second kappa shape index (κ2) is 4.42. The van der Waals surface area contributed by atoms with E-state index in [-0.39, 0.29) is 12.7 Å². The number of hydrogen-bond acceptors (Lipinski definition) is 3. The molecule has 0 spiro atoms. The molecule has 1 unspecified atom stereocenters. The molecule has 0 amide bonds. The van der Waals surface area contributed by atoms with Crippen molar-refractivity contribution in [3.05, 3.63) is 0 Å². The smallest absolute Gasteiger partial charge is 0.169 e. The van der Waals surface area contributed by atoms with Crippen molar-refractivity contribution < 1.29 is 9.84 Å². The Hall–Kier alpha value is -0.390. The van der Waals surface area contributed by atoms with Gasteiger partial charge in [0.1, 0.15) is 0 Å². The van der Waals surface area contributed by atoms with Gasteiger partial charge in [0, 0.05) is 19.1 Å². The molecule has 1 saturated carbocycles. The van der Waals surface area contributed by atoms with Crippen LogP contribution in [0.15, 0.2) is 0 Å². The van der Waals surface area contributed by atoms with Crippen LogP contribution < -0.4 is 5.32 Å². The molecule has 0 aromatic rings. The van der Waals surface area contributed by atoms with Gasteiger partial charge in [-0.05, 0) is 25.1 Å². The molecule has 1 heterocycles. The molecule has 0 bridgehead atoms. The number of nitrogens with zero attached hydrogens (tertiary/aromatic N) is 1. The van der Waals surface area contributed by atoms with E-state index in [9.17, 15) is 0 Å². The molecule has 0 radical (unpaired) electrons. The number of thiocarbonyl (C=S) groups is 1. The van der Waals surface area contributed by atoms with Gasteiger partial charge >= 0.3 is 0 Å². The molecule has 1 aliphatic carbocycles. The van der Waals surface area contributed by atoms with Crippen molar-refractivity contribution in [2.75, 3.05) is 26.3 Å². The summed E-state index contributed by atoms with van der Waals surface area (Å²) < 4.78 is 5.35. The Morgan fingerprint density at radius 1 is 1.57 bits per heavy atom. The van der Waals surface area contributed by atoms with E-state index in [0.717, 1.165) is 11.7 Å². The summed E-state index contributed by atoms with van der Waals surface area (Å²) in [7, 11) is 0. The zero-order valence-electron chi connectivity index (χ0n) is 8.11. The number of nitrogens with one attached hydrogen (secondary N) is 1. The standard InChI is InChI=1S/C9H16N2O2S/c12-6-8-5-11(3-4-13-8)9(14)10-7-1-2-7/h7-8,12H,1-6H2,(H,10,14). The Bertz CT molecular complexity index is 221. The number of rotatable bonds is 2. The van der Waals surface area contributed by atoms with Crippen molar-refractivity contribution in [2.45, 2.75) is 25.0 Å². The summed E-state index contributed by atoms with van der Waals surface area (Å²) in [5.74, 6) is 0. The summed E-state index contributed by atoms with van der Waals surface area (Å²) in [5, 5.41) is 13.1. The number of ether oxygens (including phenoxy) is 1. The van der Waals surface area contributed by atoms with Crippen LogP contribution in [-0.4, -0.2) is 53.6 Å². The third kappa shape index (κ3) is 2.56. The highest BCUT2D eigenvalue weighted by atomic mass is 32.1. The van der Waals surface area contributed by atoms with E-state index in [4.69, 9.17) is 22.1 Å². The third-order valence-electron chi connectivity index (χ3n) is 2.53. The SMILES string of the molecule is OCC1CN(C(=S)NC2CC2)CCO1.